The Morgan fingerprint density at radius 2 is 1.54 bits per heavy atom. The van der Waals surface area contributed by atoms with E-state index in [2.05, 4.69) is 32.0 Å². The third-order valence-electron chi connectivity index (χ3n) is 5.69. The minimum absolute atomic E-state index is 0.00380. The third-order valence-corrected chi connectivity index (χ3v) is 6.42. The standard InChI is InChI=1S/C18H21N3OS.2C2HF3O2/c22-17-16(15-1-6-19-7-2-15)11-18(20-17)4-8-21(9-5-18)12-14-3-10-23-13-14;2*3-2(4,5)1(6)7/h1-3,6-7,10,13,16H,4-5,8-9,11-12H2,(H,20,22);2*(H,6,7). The quantitative estimate of drug-likeness (QED) is 0.489. The lowest BCUT2D eigenvalue weighted by Gasteiger charge is -2.39. The van der Waals surface area contributed by atoms with Crippen molar-refractivity contribution in [1.82, 2.24) is 15.2 Å². The van der Waals surface area contributed by atoms with Gasteiger partial charge in [0.1, 0.15) is 0 Å². The number of carboxylic acids is 2. The summed E-state index contributed by atoms with van der Waals surface area (Å²) in [6, 6.07) is 6.13. The molecule has 0 saturated carbocycles. The fourth-order valence-electron chi connectivity index (χ4n) is 3.86. The van der Waals surface area contributed by atoms with Crippen LogP contribution in [-0.2, 0) is 20.9 Å². The van der Waals surface area contributed by atoms with E-state index >= 15 is 0 Å². The maximum Gasteiger partial charge on any atom is 0.490 e. The second-order valence-electron chi connectivity index (χ2n) is 8.32. The highest BCUT2D eigenvalue weighted by Crippen LogP contribution is 2.39. The number of nitrogens with zero attached hydrogens (tertiary/aromatic N) is 2. The van der Waals surface area contributed by atoms with Crippen molar-refractivity contribution < 1.29 is 50.9 Å². The first kappa shape index (κ1) is 30.0. The zero-order chi connectivity index (χ0) is 27.9. The van der Waals surface area contributed by atoms with Crippen LogP contribution in [-0.4, -0.2) is 68.9 Å². The van der Waals surface area contributed by atoms with Crippen molar-refractivity contribution in [3.63, 3.8) is 0 Å². The lowest BCUT2D eigenvalue weighted by atomic mass is 9.82. The van der Waals surface area contributed by atoms with E-state index in [9.17, 15) is 31.1 Å². The molecule has 0 aliphatic carbocycles. The number of thiophene rings is 1. The molecule has 2 aliphatic rings. The van der Waals surface area contributed by atoms with Gasteiger partial charge in [-0.15, -0.1) is 0 Å². The number of piperidine rings is 1. The average molecular weight is 555 g/mol. The number of likely N-dealkylation sites (tertiary alicyclic amines) is 1. The van der Waals surface area contributed by atoms with E-state index < -0.39 is 24.3 Å². The summed E-state index contributed by atoms with van der Waals surface area (Å²) in [7, 11) is 0. The molecular formula is C22H23F6N3O5S. The zero-order valence-electron chi connectivity index (χ0n) is 19.1. The molecule has 3 N–H and O–H groups in total. The van der Waals surface area contributed by atoms with Crippen LogP contribution in [0.25, 0.3) is 0 Å². The first-order chi connectivity index (χ1) is 17.1. The number of pyridine rings is 1. The van der Waals surface area contributed by atoms with E-state index in [0.717, 1.165) is 44.5 Å². The molecule has 0 radical (unpaired) electrons. The Hall–Kier alpha value is -3.20. The highest BCUT2D eigenvalue weighted by Gasteiger charge is 2.46. The second kappa shape index (κ2) is 12.4. The fourth-order valence-corrected chi connectivity index (χ4v) is 4.52. The molecule has 2 saturated heterocycles. The van der Waals surface area contributed by atoms with E-state index in [1.165, 1.54) is 5.56 Å². The molecule has 2 fully saturated rings. The highest BCUT2D eigenvalue weighted by atomic mass is 32.1. The van der Waals surface area contributed by atoms with E-state index in [1.54, 1.807) is 23.7 Å². The van der Waals surface area contributed by atoms with Crippen LogP contribution in [0, 0.1) is 0 Å². The van der Waals surface area contributed by atoms with Crippen LogP contribution in [0.5, 0.6) is 0 Å². The number of carboxylic acid groups (broad SMARTS) is 2. The van der Waals surface area contributed by atoms with Crippen molar-refractivity contribution in [2.45, 2.75) is 49.6 Å². The number of amides is 1. The van der Waals surface area contributed by atoms with Crippen LogP contribution in [0.3, 0.4) is 0 Å². The number of hydrogen-bond acceptors (Lipinski definition) is 6. The molecule has 204 valence electrons. The predicted octanol–water partition coefficient (Wildman–Crippen LogP) is 4.05. The van der Waals surface area contributed by atoms with Gasteiger partial charge in [0.05, 0.1) is 5.92 Å². The fraction of sp³-hybridized carbons (Fsp3) is 0.455. The van der Waals surface area contributed by atoms with Gasteiger partial charge in [0.2, 0.25) is 5.91 Å². The molecule has 2 aromatic heterocycles. The number of aliphatic carboxylic acids is 2. The normalized spacial score (nSPS) is 19.2. The molecule has 4 rings (SSSR count). The summed E-state index contributed by atoms with van der Waals surface area (Å²) >= 11 is 1.76. The Labute approximate surface area is 210 Å². The largest absolute Gasteiger partial charge is 0.490 e. The molecule has 15 heteroatoms. The molecule has 1 unspecified atom stereocenters. The minimum Gasteiger partial charge on any atom is -0.475 e. The number of nitrogens with one attached hydrogen (secondary N) is 1. The number of carbonyl (C=O) groups is 3. The van der Waals surface area contributed by atoms with Gasteiger partial charge in [-0.1, -0.05) is 0 Å². The van der Waals surface area contributed by atoms with Crippen molar-refractivity contribution in [3.05, 3.63) is 52.5 Å². The van der Waals surface area contributed by atoms with Gasteiger partial charge in [-0.05, 0) is 59.3 Å². The average Bonchev–Trinajstić information content (AvgIpc) is 3.43. The molecule has 8 nitrogen and oxygen atoms in total. The lowest BCUT2D eigenvalue weighted by Crippen LogP contribution is -2.50. The van der Waals surface area contributed by atoms with Crippen molar-refractivity contribution in [3.8, 4) is 0 Å². The van der Waals surface area contributed by atoms with Gasteiger partial charge >= 0.3 is 24.3 Å². The van der Waals surface area contributed by atoms with Crippen molar-refractivity contribution >= 4 is 29.2 Å². The summed E-state index contributed by atoms with van der Waals surface area (Å²) in [5.74, 6) is -5.34. The molecule has 1 spiro atoms. The summed E-state index contributed by atoms with van der Waals surface area (Å²) in [5, 5.41) is 21.9. The molecule has 4 heterocycles. The van der Waals surface area contributed by atoms with Crippen LogP contribution in [0.4, 0.5) is 26.3 Å². The summed E-state index contributed by atoms with van der Waals surface area (Å²) in [4.78, 5) is 36.8. The van der Waals surface area contributed by atoms with Gasteiger partial charge in [-0.25, -0.2) is 9.59 Å². The summed E-state index contributed by atoms with van der Waals surface area (Å²) in [6.07, 6.45) is -3.61. The van der Waals surface area contributed by atoms with E-state index in [0.29, 0.717) is 0 Å². The van der Waals surface area contributed by atoms with Crippen LogP contribution in [0.1, 0.15) is 36.3 Å². The number of carbonyl (C=O) groups excluding carboxylic acids is 1. The Balaban J connectivity index is 0.000000286. The van der Waals surface area contributed by atoms with Gasteiger partial charge in [-0.3, -0.25) is 14.7 Å². The maximum atomic E-state index is 12.4. The number of hydrogen-bond donors (Lipinski definition) is 3. The van der Waals surface area contributed by atoms with Crippen molar-refractivity contribution in [2.75, 3.05) is 13.1 Å². The lowest BCUT2D eigenvalue weighted by molar-refractivity contribution is -0.193. The number of aromatic nitrogens is 1. The van der Waals surface area contributed by atoms with E-state index in [1.807, 2.05) is 12.1 Å². The van der Waals surface area contributed by atoms with Gasteiger partial charge in [0.25, 0.3) is 0 Å². The summed E-state index contributed by atoms with van der Waals surface area (Å²) in [5.41, 5.74) is 2.49. The maximum absolute atomic E-state index is 12.4. The number of halogens is 6. The highest BCUT2D eigenvalue weighted by molar-refractivity contribution is 7.07. The smallest absolute Gasteiger partial charge is 0.475 e. The Morgan fingerprint density at radius 1 is 1.03 bits per heavy atom. The number of alkyl halides is 6. The summed E-state index contributed by atoms with van der Waals surface area (Å²) in [6.45, 7) is 3.14. The van der Waals surface area contributed by atoms with Crippen LogP contribution in [0.2, 0.25) is 0 Å². The molecule has 37 heavy (non-hydrogen) atoms. The van der Waals surface area contributed by atoms with Crippen LogP contribution >= 0.6 is 11.3 Å². The van der Waals surface area contributed by atoms with Gasteiger partial charge in [0, 0.05) is 37.6 Å². The van der Waals surface area contributed by atoms with Crippen LogP contribution in [0.15, 0.2) is 41.4 Å². The first-order valence-electron chi connectivity index (χ1n) is 10.7. The predicted molar refractivity (Wildman–Crippen MR) is 119 cm³/mol. The zero-order valence-corrected chi connectivity index (χ0v) is 19.9. The molecule has 0 aromatic carbocycles. The van der Waals surface area contributed by atoms with Crippen molar-refractivity contribution in [1.29, 1.82) is 0 Å². The Bertz CT molecular complexity index is 1020. The SMILES string of the molecule is O=C(O)C(F)(F)F.O=C(O)C(F)(F)F.O=C1NC2(CCN(Cc3ccsc3)CC2)CC1c1ccncc1. The second-order valence-corrected chi connectivity index (χ2v) is 9.10. The van der Waals surface area contributed by atoms with Crippen molar-refractivity contribution in [2.24, 2.45) is 0 Å². The molecule has 2 aliphatic heterocycles. The molecule has 1 atom stereocenters. The first-order valence-corrected chi connectivity index (χ1v) is 11.6. The Kier molecular flexibility index (Phi) is 10.0. The van der Waals surface area contributed by atoms with E-state index in [4.69, 9.17) is 19.8 Å². The number of rotatable bonds is 3. The minimum atomic E-state index is -5.08. The van der Waals surface area contributed by atoms with E-state index in [-0.39, 0.29) is 17.4 Å². The van der Waals surface area contributed by atoms with Crippen LogP contribution < -0.4 is 5.32 Å². The van der Waals surface area contributed by atoms with Gasteiger partial charge in [0.15, 0.2) is 0 Å². The van der Waals surface area contributed by atoms with Gasteiger partial charge in [-0.2, -0.15) is 37.7 Å². The monoisotopic (exact) mass is 555 g/mol. The topological polar surface area (TPSA) is 120 Å². The molecule has 0 bridgehead atoms. The Morgan fingerprint density at radius 3 is 1.97 bits per heavy atom. The summed E-state index contributed by atoms with van der Waals surface area (Å²) < 4.78 is 63.5. The molecular weight excluding hydrogens is 532 g/mol. The molecule has 2 aromatic rings. The third kappa shape index (κ3) is 9.31. The van der Waals surface area contributed by atoms with Gasteiger partial charge < -0.3 is 15.5 Å². The molecule has 1 amide bonds.